The monoisotopic (exact) mass is 242 g/mol. The van der Waals surface area contributed by atoms with Crippen LogP contribution in [0.5, 0.6) is 0 Å². The normalized spacial score (nSPS) is 16.8. The molecule has 1 aromatic rings. The van der Waals surface area contributed by atoms with Crippen LogP contribution in [0.2, 0.25) is 0 Å². The van der Waals surface area contributed by atoms with Gasteiger partial charge in [-0.15, -0.1) is 0 Å². The summed E-state index contributed by atoms with van der Waals surface area (Å²) in [5.74, 6) is 0.452. The molecule has 1 aromatic carbocycles. The Morgan fingerprint density at radius 1 is 1.38 bits per heavy atom. The van der Waals surface area contributed by atoms with Crippen molar-refractivity contribution in [2.75, 3.05) is 25.1 Å². The van der Waals surface area contributed by atoms with Gasteiger partial charge >= 0.3 is 0 Å². The zero-order valence-electron chi connectivity index (χ0n) is 8.72. The lowest BCUT2D eigenvalue weighted by molar-refractivity contribution is -0.0248. The summed E-state index contributed by atoms with van der Waals surface area (Å²) in [5.41, 5.74) is 0.553. The second-order valence-corrected chi connectivity index (χ2v) is 5.36. The summed E-state index contributed by atoms with van der Waals surface area (Å²) in [6, 6.07) is 6.62. The van der Waals surface area contributed by atoms with Crippen molar-refractivity contribution in [1.29, 1.82) is 0 Å². The van der Waals surface area contributed by atoms with Crippen LogP contribution in [-0.2, 0) is 14.8 Å². The maximum Gasteiger partial charge on any atom is 0.240 e. The van der Waals surface area contributed by atoms with Crippen molar-refractivity contribution >= 4 is 15.7 Å². The van der Waals surface area contributed by atoms with E-state index < -0.39 is 10.0 Å². The van der Waals surface area contributed by atoms with E-state index in [1.54, 1.807) is 18.2 Å². The Morgan fingerprint density at radius 2 is 2.06 bits per heavy atom. The van der Waals surface area contributed by atoms with Gasteiger partial charge in [0.15, 0.2) is 0 Å². The number of rotatable bonds is 4. The molecule has 16 heavy (non-hydrogen) atoms. The molecule has 1 saturated heterocycles. The minimum Gasteiger partial charge on any atom is -0.383 e. The van der Waals surface area contributed by atoms with E-state index in [0.29, 0.717) is 18.2 Å². The van der Waals surface area contributed by atoms with Gasteiger partial charge in [-0.3, -0.25) is 0 Å². The number of nitrogens with two attached hydrogens (primary N) is 1. The van der Waals surface area contributed by atoms with Crippen LogP contribution in [0.4, 0.5) is 5.69 Å². The Balaban J connectivity index is 2.13. The molecule has 0 unspecified atom stereocenters. The lowest BCUT2D eigenvalue weighted by Gasteiger charge is -2.26. The Morgan fingerprint density at radius 3 is 2.62 bits per heavy atom. The zero-order chi connectivity index (χ0) is 11.6. The van der Waals surface area contributed by atoms with Crippen LogP contribution in [0, 0.1) is 5.92 Å². The van der Waals surface area contributed by atoms with Crippen LogP contribution < -0.4 is 10.5 Å². The predicted octanol–water partition coefficient (Wildman–Crippen LogP) is 0.392. The fourth-order valence-electron chi connectivity index (χ4n) is 1.52. The highest BCUT2D eigenvalue weighted by Crippen LogP contribution is 2.20. The fourth-order valence-corrected chi connectivity index (χ4v) is 2.23. The van der Waals surface area contributed by atoms with E-state index in [2.05, 4.69) is 5.32 Å². The van der Waals surface area contributed by atoms with Gasteiger partial charge in [0.1, 0.15) is 4.90 Å². The topological polar surface area (TPSA) is 81.4 Å². The van der Waals surface area contributed by atoms with Gasteiger partial charge in [-0.1, -0.05) is 12.1 Å². The summed E-state index contributed by atoms with van der Waals surface area (Å²) in [4.78, 5) is 0.134. The first-order valence-electron chi connectivity index (χ1n) is 5.01. The Labute approximate surface area is 94.6 Å². The van der Waals surface area contributed by atoms with E-state index in [1.807, 2.05) is 0 Å². The first-order valence-corrected chi connectivity index (χ1v) is 6.55. The first-order chi connectivity index (χ1) is 7.57. The molecule has 1 heterocycles. The van der Waals surface area contributed by atoms with Crippen molar-refractivity contribution in [3.05, 3.63) is 24.3 Å². The van der Waals surface area contributed by atoms with Crippen LogP contribution in [0.15, 0.2) is 29.2 Å². The molecule has 0 saturated carbocycles. The molecule has 1 aliphatic rings. The van der Waals surface area contributed by atoms with Crippen molar-refractivity contribution in [1.82, 2.24) is 0 Å². The Bertz CT molecular complexity index is 469. The van der Waals surface area contributed by atoms with Gasteiger partial charge in [-0.2, -0.15) is 0 Å². The Hall–Kier alpha value is -1.11. The average Bonchev–Trinajstić information content (AvgIpc) is 2.14. The van der Waals surface area contributed by atoms with E-state index in [0.717, 1.165) is 13.2 Å². The van der Waals surface area contributed by atoms with Crippen molar-refractivity contribution in [3.63, 3.8) is 0 Å². The number of primary sulfonamides is 1. The molecule has 0 bridgehead atoms. The van der Waals surface area contributed by atoms with Crippen molar-refractivity contribution in [2.24, 2.45) is 11.1 Å². The average molecular weight is 242 g/mol. The standard InChI is InChI=1S/C10H14N2O3S/c11-16(13,14)10-4-2-1-3-9(10)12-5-8-6-15-7-8/h1-4,8,12H,5-7H2,(H2,11,13,14). The number of hydrogen-bond donors (Lipinski definition) is 2. The van der Waals surface area contributed by atoms with Crippen LogP contribution >= 0.6 is 0 Å². The van der Waals surface area contributed by atoms with Crippen molar-refractivity contribution in [3.8, 4) is 0 Å². The highest BCUT2D eigenvalue weighted by Gasteiger charge is 2.19. The lowest BCUT2D eigenvalue weighted by Crippen LogP contribution is -2.33. The molecular formula is C10H14N2O3S. The van der Waals surface area contributed by atoms with Gasteiger partial charge in [0, 0.05) is 12.5 Å². The van der Waals surface area contributed by atoms with Crippen molar-refractivity contribution < 1.29 is 13.2 Å². The quantitative estimate of drug-likeness (QED) is 0.800. The fraction of sp³-hybridized carbons (Fsp3) is 0.400. The predicted molar refractivity (Wildman–Crippen MR) is 60.6 cm³/mol. The summed E-state index contributed by atoms with van der Waals surface area (Å²) in [5, 5.41) is 8.20. The maximum atomic E-state index is 11.3. The number of ether oxygens (including phenoxy) is 1. The van der Waals surface area contributed by atoms with E-state index in [1.165, 1.54) is 6.07 Å². The van der Waals surface area contributed by atoms with Crippen LogP contribution in [0.3, 0.4) is 0 Å². The number of nitrogens with one attached hydrogen (secondary N) is 1. The zero-order valence-corrected chi connectivity index (χ0v) is 9.53. The molecule has 2 rings (SSSR count). The summed E-state index contributed by atoms with van der Waals surface area (Å²) in [6.45, 7) is 2.15. The van der Waals surface area contributed by atoms with Gasteiger partial charge < -0.3 is 10.1 Å². The summed E-state index contributed by atoms with van der Waals surface area (Å²) < 4.78 is 27.6. The number of hydrogen-bond acceptors (Lipinski definition) is 4. The summed E-state index contributed by atoms with van der Waals surface area (Å²) in [6.07, 6.45) is 0. The molecule has 0 radical (unpaired) electrons. The molecule has 0 aromatic heterocycles. The van der Waals surface area contributed by atoms with Crippen LogP contribution in [-0.4, -0.2) is 28.2 Å². The third kappa shape index (κ3) is 2.52. The lowest BCUT2D eigenvalue weighted by atomic mass is 10.1. The molecule has 1 aliphatic heterocycles. The second kappa shape index (κ2) is 4.40. The smallest absolute Gasteiger partial charge is 0.240 e. The van der Waals surface area contributed by atoms with Crippen LogP contribution in [0.25, 0.3) is 0 Å². The molecular weight excluding hydrogens is 228 g/mol. The largest absolute Gasteiger partial charge is 0.383 e. The minimum absolute atomic E-state index is 0.134. The highest BCUT2D eigenvalue weighted by atomic mass is 32.2. The van der Waals surface area contributed by atoms with Crippen molar-refractivity contribution in [2.45, 2.75) is 4.90 Å². The summed E-state index contributed by atoms with van der Waals surface area (Å²) >= 11 is 0. The molecule has 0 atom stereocenters. The number of sulfonamides is 1. The SMILES string of the molecule is NS(=O)(=O)c1ccccc1NCC1COC1. The third-order valence-electron chi connectivity index (χ3n) is 2.48. The van der Waals surface area contributed by atoms with Gasteiger partial charge in [0.25, 0.3) is 0 Å². The second-order valence-electron chi connectivity index (χ2n) is 3.83. The molecule has 1 fully saturated rings. The molecule has 3 N–H and O–H groups in total. The molecule has 88 valence electrons. The maximum absolute atomic E-state index is 11.3. The van der Waals surface area contributed by atoms with Gasteiger partial charge in [-0.25, -0.2) is 13.6 Å². The van der Waals surface area contributed by atoms with Gasteiger partial charge in [0.2, 0.25) is 10.0 Å². The van der Waals surface area contributed by atoms with Gasteiger partial charge in [0.05, 0.1) is 18.9 Å². The summed E-state index contributed by atoms with van der Waals surface area (Å²) in [7, 11) is -3.66. The minimum atomic E-state index is -3.66. The Kier molecular flexibility index (Phi) is 3.13. The molecule has 5 nitrogen and oxygen atoms in total. The molecule has 0 aliphatic carbocycles. The molecule has 0 amide bonds. The highest BCUT2D eigenvalue weighted by molar-refractivity contribution is 7.89. The first kappa shape index (κ1) is 11.4. The van der Waals surface area contributed by atoms with E-state index in [-0.39, 0.29) is 4.90 Å². The van der Waals surface area contributed by atoms with Crippen LogP contribution in [0.1, 0.15) is 0 Å². The number of benzene rings is 1. The number of para-hydroxylation sites is 1. The van der Waals surface area contributed by atoms with Gasteiger partial charge in [-0.05, 0) is 12.1 Å². The van der Waals surface area contributed by atoms with E-state index >= 15 is 0 Å². The molecule has 6 heteroatoms. The third-order valence-corrected chi connectivity index (χ3v) is 3.45. The number of anilines is 1. The van der Waals surface area contributed by atoms with E-state index in [4.69, 9.17) is 9.88 Å². The molecule has 0 spiro atoms. The van der Waals surface area contributed by atoms with E-state index in [9.17, 15) is 8.42 Å².